The number of aromatic nitrogens is 3. The Morgan fingerprint density at radius 1 is 1.14 bits per heavy atom. The van der Waals surface area contributed by atoms with Gasteiger partial charge in [-0.25, -0.2) is 4.98 Å². The van der Waals surface area contributed by atoms with Gasteiger partial charge in [0.05, 0.1) is 10.6 Å². The standard InChI is InChI=1S/C21H20N4O2S2/c1-13-4-5-16(8-14(13)2)27-10-15-9-19(28-11-15)20(26)24-21-23-17(12-29-21)18-6-7-22-25(18)3/h4-9,11-12H,10H2,1-3H3,(H,23,24,26). The molecule has 0 aliphatic heterocycles. The van der Waals surface area contributed by atoms with Crippen molar-refractivity contribution in [3.63, 3.8) is 0 Å². The molecular formula is C21H20N4O2S2. The number of anilines is 1. The van der Waals surface area contributed by atoms with Gasteiger partial charge in [-0.15, -0.1) is 22.7 Å². The van der Waals surface area contributed by atoms with Crippen molar-refractivity contribution < 1.29 is 9.53 Å². The van der Waals surface area contributed by atoms with Crippen LogP contribution in [-0.2, 0) is 13.7 Å². The van der Waals surface area contributed by atoms with Gasteiger partial charge in [-0.1, -0.05) is 6.07 Å². The van der Waals surface area contributed by atoms with Crippen LogP contribution in [0.25, 0.3) is 11.4 Å². The largest absolute Gasteiger partial charge is 0.489 e. The fraction of sp³-hybridized carbons (Fsp3) is 0.190. The Hall–Kier alpha value is -2.97. The van der Waals surface area contributed by atoms with E-state index in [2.05, 4.69) is 29.2 Å². The van der Waals surface area contributed by atoms with Crippen LogP contribution in [0.5, 0.6) is 5.75 Å². The number of nitrogens with zero attached hydrogens (tertiary/aromatic N) is 3. The van der Waals surface area contributed by atoms with E-state index >= 15 is 0 Å². The van der Waals surface area contributed by atoms with Gasteiger partial charge in [0.25, 0.3) is 5.91 Å². The van der Waals surface area contributed by atoms with Gasteiger partial charge >= 0.3 is 0 Å². The van der Waals surface area contributed by atoms with Crippen molar-refractivity contribution in [3.05, 3.63) is 68.9 Å². The van der Waals surface area contributed by atoms with Crippen molar-refractivity contribution in [2.45, 2.75) is 20.5 Å². The summed E-state index contributed by atoms with van der Waals surface area (Å²) < 4.78 is 7.60. The zero-order valence-electron chi connectivity index (χ0n) is 16.3. The van der Waals surface area contributed by atoms with Crippen LogP contribution in [0.4, 0.5) is 5.13 Å². The van der Waals surface area contributed by atoms with Crippen molar-refractivity contribution in [2.75, 3.05) is 5.32 Å². The highest BCUT2D eigenvalue weighted by molar-refractivity contribution is 7.14. The van der Waals surface area contributed by atoms with Crippen LogP contribution in [0, 0.1) is 13.8 Å². The van der Waals surface area contributed by atoms with E-state index in [1.807, 2.05) is 48.1 Å². The van der Waals surface area contributed by atoms with Gasteiger partial charge in [-0.2, -0.15) is 5.10 Å². The maximum absolute atomic E-state index is 12.6. The molecule has 0 atom stereocenters. The van der Waals surface area contributed by atoms with Crippen LogP contribution >= 0.6 is 22.7 Å². The number of amides is 1. The summed E-state index contributed by atoms with van der Waals surface area (Å²) in [4.78, 5) is 17.7. The summed E-state index contributed by atoms with van der Waals surface area (Å²) in [6.07, 6.45) is 1.72. The predicted molar refractivity (Wildman–Crippen MR) is 117 cm³/mol. The summed E-state index contributed by atoms with van der Waals surface area (Å²) in [5.41, 5.74) is 5.10. The molecule has 1 N–H and O–H groups in total. The minimum absolute atomic E-state index is 0.168. The van der Waals surface area contributed by atoms with Crippen LogP contribution in [0.15, 0.2) is 47.3 Å². The number of nitrogens with one attached hydrogen (secondary N) is 1. The molecule has 0 saturated carbocycles. The first kappa shape index (κ1) is 19.4. The molecule has 0 saturated heterocycles. The fourth-order valence-electron chi connectivity index (χ4n) is 2.77. The third-order valence-electron chi connectivity index (χ3n) is 4.57. The zero-order chi connectivity index (χ0) is 20.4. The number of aryl methyl sites for hydroxylation is 3. The third kappa shape index (κ3) is 4.38. The van der Waals surface area contributed by atoms with Crippen LogP contribution in [0.3, 0.4) is 0 Å². The number of thiophene rings is 1. The summed E-state index contributed by atoms with van der Waals surface area (Å²) >= 11 is 2.79. The van der Waals surface area contributed by atoms with Crippen molar-refractivity contribution in [2.24, 2.45) is 7.05 Å². The lowest BCUT2D eigenvalue weighted by molar-refractivity contribution is 0.103. The maximum atomic E-state index is 12.6. The molecule has 148 valence electrons. The molecule has 0 aliphatic rings. The smallest absolute Gasteiger partial charge is 0.267 e. The van der Waals surface area contributed by atoms with Crippen LogP contribution in [-0.4, -0.2) is 20.7 Å². The minimum Gasteiger partial charge on any atom is -0.489 e. The van der Waals surface area contributed by atoms with Crippen molar-refractivity contribution in [1.82, 2.24) is 14.8 Å². The first-order chi connectivity index (χ1) is 14.0. The van der Waals surface area contributed by atoms with E-state index in [1.54, 1.807) is 10.9 Å². The molecule has 0 fully saturated rings. The van der Waals surface area contributed by atoms with Gasteiger partial charge in [-0.3, -0.25) is 14.8 Å². The monoisotopic (exact) mass is 424 g/mol. The SMILES string of the molecule is Cc1ccc(OCc2csc(C(=O)Nc3nc(-c4ccnn4C)cs3)c2)cc1C. The summed E-state index contributed by atoms with van der Waals surface area (Å²) in [5.74, 6) is 0.661. The predicted octanol–water partition coefficient (Wildman–Crippen LogP) is 5.05. The number of thiazole rings is 1. The van der Waals surface area contributed by atoms with Crippen molar-refractivity contribution in [3.8, 4) is 17.1 Å². The molecule has 3 heterocycles. The van der Waals surface area contributed by atoms with E-state index in [4.69, 9.17) is 4.74 Å². The molecule has 29 heavy (non-hydrogen) atoms. The molecular weight excluding hydrogens is 404 g/mol. The highest BCUT2D eigenvalue weighted by Gasteiger charge is 2.14. The second-order valence-electron chi connectivity index (χ2n) is 6.69. The maximum Gasteiger partial charge on any atom is 0.267 e. The molecule has 3 aromatic heterocycles. The molecule has 6 nitrogen and oxygen atoms in total. The van der Waals surface area contributed by atoms with Crippen LogP contribution in [0.1, 0.15) is 26.4 Å². The molecule has 0 radical (unpaired) electrons. The molecule has 1 amide bonds. The van der Waals surface area contributed by atoms with Gasteiger partial charge in [-0.05, 0) is 54.6 Å². The molecule has 4 rings (SSSR count). The quantitative estimate of drug-likeness (QED) is 0.470. The van der Waals surface area contributed by atoms with E-state index in [-0.39, 0.29) is 5.91 Å². The first-order valence-electron chi connectivity index (χ1n) is 9.02. The lowest BCUT2D eigenvalue weighted by atomic mass is 10.1. The molecule has 0 spiro atoms. The Kier molecular flexibility index (Phi) is 5.46. The average Bonchev–Trinajstić information content (AvgIpc) is 3.43. The second kappa shape index (κ2) is 8.18. The number of ether oxygens (including phenoxy) is 1. The molecule has 4 aromatic rings. The Bertz CT molecular complexity index is 1160. The van der Waals surface area contributed by atoms with Crippen LogP contribution < -0.4 is 10.1 Å². The zero-order valence-corrected chi connectivity index (χ0v) is 17.9. The molecule has 1 aromatic carbocycles. The Labute approximate surface area is 176 Å². The van der Waals surface area contributed by atoms with E-state index in [0.717, 1.165) is 22.7 Å². The highest BCUT2D eigenvalue weighted by atomic mass is 32.1. The van der Waals surface area contributed by atoms with Crippen molar-refractivity contribution >= 4 is 33.7 Å². The van der Waals surface area contributed by atoms with Crippen molar-refractivity contribution in [1.29, 1.82) is 0 Å². The van der Waals surface area contributed by atoms with E-state index < -0.39 is 0 Å². The number of hydrogen-bond acceptors (Lipinski definition) is 6. The number of rotatable bonds is 6. The number of hydrogen-bond donors (Lipinski definition) is 1. The number of carbonyl (C=O) groups is 1. The third-order valence-corrected chi connectivity index (χ3v) is 6.30. The van der Waals surface area contributed by atoms with Gasteiger partial charge in [0.2, 0.25) is 0 Å². The van der Waals surface area contributed by atoms with Gasteiger partial charge < -0.3 is 4.74 Å². The van der Waals surface area contributed by atoms with E-state index in [9.17, 15) is 4.79 Å². The summed E-state index contributed by atoms with van der Waals surface area (Å²) in [5, 5.41) is 11.4. The second-order valence-corrected chi connectivity index (χ2v) is 8.46. The highest BCUT2D eigenvalue weighted by Crippen LogP contribution is 2.26. The molecule has 0 unspecified atom stereocenters. The van der Waals surface area contributed by atoms with Gasteiger partial charge in [0, 0.05) is 24.2 Å². The normalized spacial score (nSPS) is 10.9. The number of benzene rings is 1. The Morgan fingerprint density at radius 3 is 2.76 bits per heavy atom. The topological polar surface area (TPSA) is 69.0 Å². The first-order valence-corrected chi connectivity index (χ1v) is 10.8. The lowest BCUT2D eigenvalue weighted by Crippen LogP contribution is -2.10. The molecule has 0 aliphatic carbocycles. The average molecular weight is 425 g/mol. The lowest BCUT2D eigenvalue weighted by Gasteiger charge is -2.07. The van der Waals surface area contributed by atoms with Gasteiger partial charge in [0.1, 0.15) is 18.1 Å². The Balaban J connectivity index is 1.38. The van der Waals surface area contributed by atoms with Gasteiger partial charge in [0.15, 0.2) is 5.13 Å². The molecule has 0 bridgehead atoms. The number of carbonyl (C=O) groups excluding carboxylic acids is 1. The minimum atomic E-state index is -0.168. The molecule has 8 heteroatoms. The summed E-state index contributed by atoms with van der Waals surface area (Å²) in [6.45, 7) is 4.56. The van der Waals surface area contributed by atoms with Crippen LogP contribution in [0.2, 0.25) is 0 Å². The van der Waals surface area contributed by atoms with E-state index in [1.165, 1.54) is 33.8 Å². The summed E-state index contributed by atoms with van der Waals surface area (Å²) in [6, 6.07) is 9.78. The fourth-order valence-corrected chi connectivity index (χ4v) is 4.26. The van der Waals surface area contributed by atoms with E-state index in [0.29, 0.717) is 16.6 Å². The summed E-state index contributed by atoms with van der Waals surface area (Å²) in [7, 11) is 1.86. The Morgan fingerprint density at radius 2 is 2.00 bits per heavy atom.